The van der Waals surface area contributed by atoms with Crippen molar-refractivity contribution in [1.82, 2.24) is 14.9 Å². The highest BCUT2D eigenvalue weighted by Gasteiger charge is 2.24. The van der Waals surface area contributed by atoms with Crippen LogP contribution in [0, 0.1) is 0 Å². The molecule has 1 aliphatic heterocycles. The third-order valence-electron chi connectivity index (χ3n) is 12.6. The minimum atomic E-state index is -0.253. The molecule has 0 bridgehead atoms. The molecule has 5 nitrogen and oxygen atoms in total. The number of para-hydroxylation sites is 1. The van der Waals surface area contributed by atoms with Gasteiger partial charge < -0.3 is 9.88 Å². The molecule has 64 heavy (non-hydrogen) atoms. The summed E-state index contributed by atoms with van der Waals surface area (Å²) in [5.41, 5.74) is 13.8. The summed E-state index contributed by atoms with van der Waals surface area (Å²) in [6.07, 6.45) is 1.68. The summed E-state index contributed by atoms with van der Waals surface area (Å²) in [7, 11) is 0. The highest BCUT2D eigenvalue weighted by atomic mass is 32.1. The Morgan fingerprint density at radius 2 is 1.12 bits per heavy atom. The number of nitrogens with one attached hydrogen (secondary N) is 1. The van der Waals surface area contributed by atoms with Crippen LogP contribution in [0.2, 0.25) is 0 Å². The van der Waals surface area contributed by atoms with Crippen LogP contribution in [0.1, 0.15) is 75.5 Å². The third kappa shape index (κ3) is 7.08. The molecule has 1 unspecified atom stereocenters. The first-order valence-corrected chi connectivity index (χ1v) is 22.9. The number of hydrogen-bond acceptors (Lipinski definition) is 5. The molecule has 1 N–H and O–H groups in total. The summed E-state index contributed by atoms with van der Waals surface area (Å²) >= 11 is 1.82. The summed E-state index contributed by atoms with van der Waals surface area (Å²) in [6.45, 7) is 13.8. The standard InChI is InChI=1S/C58H49N5S/c1-57(2,3)42-33-43(58(4,5)6)35-44(34-42)63-48-20-14-13-19-45(48)46-31-40(25-27-49(46)63)41-26-28-50-47(32-41)52-51(64-50)29-30-59-53(52)36-21-23-39(24-22-36)56-61-54(37-15-9-7-10-16-37)60-55(62-56)38-17-11-8-12-18-38/h7-35,54H,1-6H3,(H,60,61,62). The van der Waals surface area contributed by atoms with Gasteiger partial charge in [-0.1, -0.05) is 163 Å². The van der Waals surface area contributed by atoms with E-state index < -0.39 is 0 Å². The normalized spacial score (nSPS) is 14.6. The van der Waals surface area contributed by atoms with E-state index >= 15 is 0 Å². The number of aliphatic imine (C=N–C) groups is 2. The number of fused-ring (bicyclic) bond motifs is 6. The molecule has 0 fully saturated rings. The molecule has 4 heterocycles. The van der Waals surface area contributed by atoms with Crippen LogP contribution in [-0.2, 0) is 10.8 Å². The number of thiophene rings is 1. The lowest BCUT2D eigenvalue weighted by atomic mass is 9.80. The van der Waals surface area contributed by atoms with Crippen molar-refractivity contribution in [3.8, 4) is 28.1 Å². The Balaban J connectivity index is 0.988. The van der Waals surface area contributed by atoms with Gasteiger partial charge in [0, 0.05) is 59.5 Å². The zero-order valence-corrected chi connectivity index (χ0v) is 37.8. The number of pyridine rings is 1. The summed E-state index contributed by atoms with van der Waals surface area (Å²) in [6, 6.07) is 61.3. The molecule has 0 amide bonds. The van der Waals surface area contributed by atoms with Crippen molar-refractivity contribution in [3.63, 3.8) is 0 Å². The van der Waals surface area contributed by atoms with Crippen LogP contribution in [0.25, 0.3) is 70.0 Å². The van der Waals surface area contributed by atoms with E-state index in [9.17, 15) is 0 Å². The van der Waals surface area contributed by atoms with Crippen molar-refractivity contribution in [2.24, 2.45) is 9.98 Å². The molecule has 0 spiro atoms. The van der Waals surface area contributed by atoms with Crippen molar-refractivity contribution in [2.45, 2.75) is 58.5 Å². The maximum atomic E-state index is 5.10. The molecule has 0 radical (unpaired) electrons. The Morgan fingerprint density at radius 1 is 0.516 bits per heavy atom. The van der Waals surface area contributed by atoms with Crippen LogP contribution >= 0.6 is 11.3 Å². The molecule has 0 saturated heterocycles. The van der Waals surface area contributed by atoms with E-state index in [1.807, 2.05) is 53.9 Å². The number of rotatable bonds is 6. The second-order valence-electron chi connectivity index (χ2n) is 19.0. The third-order valence-corrected chi connectivity index (χ3v) is 13.8. The van der Waals surface area contributed by atoms with Crippen LogP contribution in [0.3, 0.4) is 0 Å². The molecule has 0 aliphatic carbocycles. The molecular weight excluding hydrogens is 799 g/mol. The molecule has 7 aromatic carbocycles. The van der Waals surface area contributed by atoms with Gasteiger partial charge in [-0.05, 0) is 87.2 Å². The Bertz CT molecular complexity index is 3440. The van der Waals surface area contributed by atoms with E-state index in [4.69, 9.17) is 15.0 Å². The van der Waals surface area contributed by atoms with Gasteiger partial charge in [0.25, 0.3) is 0 Å². The van der Waals surface area contributed by atoms with Crippen LogP contribution in [0.5, 0.6) is 0 Å². The molecule has 6 heteroatoms. The number of benzene rings is 7. The predicted molar refractivity (Wildman–Crippen MR) is 272 cm³/mol. The average Bonchev–Trinajstić information content (AvgIpc) is 3.86. The van der Waals surface area contributed by atoms with Crippen molar-refractivity contribution in [1.29, 1.82) is 0 Å². The SMILES string of the molecule is CC(C)(C)c1cc(-n2c3ccccc3c3cc(-c4ccc5sc6ccnc(-c7ccc(C8=NC(c9ccccc9)NC(c9ccccc9)=N8)cc7)c6c5c4)ccc32)cc(C(C)(C)C)c1. The first-order valence-electron chi connectivity index (χ1n) is 22.1. The Hall–Kier alpha value is -7.15. The van der Waals surface area contributed by atoms with E-state index in [-0.39, 0.29) is 17.0 Å². The summed E-state index contributed by atoms with van der Waals surface area (Å²) in [5.74, 6) is 1.50. The lowest BCUT2D eigenvalue weighted by Gasteiger charge is -2.26. The second kappa shape index (κ2) is 15.3. The number of amidine groups is 2. The first-order chi connectivity index (χ1) is 31.0. The highest BCUT2D eigenvalue weighted by molar-refractivity contribution is 7.25. The fourth-order valence-corrected chi connectivity index (χ4v) is 10.1. The molecule has 1 aliphatic rings. The van der Waals surface area contributed by atoms with E-state index in [0.717, 1.165) is 33.8 Å². The van der Waals surface area contributed by atoms with Gasteiger partial charge in [0.15, 0.2) is 5.84 Å². The maximum absolute atomic E-state index is 5.10. The van der Waals surface area contributed by atoms with E-state index in [2.05, 4.69) is 185 Å². The van der Waals surface area contributed by atoms with Crippen molar-refractivity contribution >= 4 is 65.0 Å². The molecule has 1 atom stereocenters. The smallest absolute Gasteiger partial charge is 0.159 e. The van der Waals surface area contributed by atoms with Gasteiger partial charge in [0.2, 0.25) is 0 Å². The number of aromatic nitrogens is 2. The molecule has 11 rings (SSSR count). The topological polar surface area (TPSA) is 54.6 Å². The fourth-order valence-electron chi connectivity index (χ4n) is 9.06. The van der Waals surface area contributed by atoms with E-state index in [1.54, 1.807) is 0 Å². The zero-order valence-electron chi connectivity index (χ0n) is 37.0. The highest BCUT2D eigenvalue weighted by Crippen LogP contribution is 2.42. The van der Waals surface area contributed by atoms with E-state index in [0.29, 0.717) is 5.84 Å². The van der Waals surface area contributed by atoms with Gasteiger partial charge in [0.1, 0.15) is 12.0 Å². The summed E-state index contributed by atoms with van der Waals surface area (Å²) in [5, 5.41) is 8.45. The first kappa shape index (κ1) is 39.7. The van der Waals surface area contributed by atoms with Crippen LogP contribution in [0.15, 0.2) is 186 Å². The molecular formula is C58H49N5S. The van der Waals surface area contributed by atoms with E-state index in [1.165, 1.54) is 69.9 Å². The lowest BCUT2D eigenvalue weighted by Crippen LogP contribution is -2.33. The number of hydrogen-bond donors (Lipinski definition) is 1. The minimum Gasteiger partial charge on any atom is -0.344 e. The monoisotopic (exact) mass is 847 g/mol. The quantitative estimate of drug-likeness (QED) is 0.181. The summed E-state index contributed by atoms with van der Waals surface area (Å²) < 4.78 is 4.93. The molecule has 0 saturated carbocycles. The van der Waals surface area contributed by atoms with Crippen molar-refractivity contribution in [3.05, 3.63) is 204 Å². The summed E-state index contributed by atoms with van der Waals surface area (Å²) in [4.78, 5) is 15.2. The zero-order chi connectivity index (χ0) is 43.7. The van der Waals surface area contributed by atoms with Gasteiger partial charge in [-0.3, -0.25) is 4.98 Å². The second-order valence-corrected chi connectivity index (χ2v) is 20.1. The van der Waals surface area contributed by atoms with Gasteiger partial charge in [0.05, 0.1) is 16.7 Å². The number of nitrogens with zero attached hydrogens (tertiary/aromatic N) is 4. The van der Waals surface area contributed by atoms with Crippen LogP contribution < -0.4 is 5.32 Å². The maximum Gasteiger partial charge on any atom is 0.159 e. The van der Waals surface area contributed by atoms with Gasteiger partial charge in [-0.25, -0.2) is 9.98 Å². The van der Waals surface area contributed by atoms with Crippen LogP contribution in [0.4, 0.5) is 0 Å². The molecule has 312 valence electrons. The molecule has 10 aromatic rings. The Kier molecular flexibility index (Phi) is 9.48. The fraction of sp³-hybridized carbons (Fsp3) is 0.155. The Morgan fingerprint density at radius 3 is 1.84 bits per heavy atom. The average molecular weight is 848 g/mol. The largest absolute Gasteiger partial charge is 0.344 e. The van der Waals surface area contributed by atoms with Gasteiger partial charge >= 0.3 is 0 Å². The van der Waals surface area contributed by atoms with Crippen molar-refractivity contribution < 1.29 is 0 Å². The van der Waals surface area contributed by atoms with Gasteiger partial charge in [-0.15, -0.1) is 11.3 Å². The predicted octanol–water partition coefficient (Wildman–Crippen LogP) is 15.0. The lowest BCUT2D eigenvalue weighted by molar-refractivity contribution is 0.568. The molecule has 3 aromatic heterocycles. The Labute approximate surface area is 378 Å². The van der Waals surface area contributed by atoms with Gasteiger partial charge in [-0.2, -0.15) is 0 Å². The van der Waals surface area contributed by atoms with Crippen molar-refractivity contribution in [2.75, 3.05) is 0 Å². The minimum absolute atomic E-state index is 0.0164. The van der Waals surface area contributed by atoms with Crippen LogP contribution in [-0.4, -0.2) is 21.2 Å².